The summed E-state index contributed by atoms with van der Waals surface area (Å²) in [7, 11) is 0. The first-order chi connectivity index (χ1) is 5.27. The summed E-state index contributed by atoms with van der Waals surface area (Å²) < 4.78 is 2.15. The van der Waals surface area contributed by atoms with E-state index in [0.29, 0.717) is 12.2 Å². The highest BCUT2D eigenvalue weighted by atomic mass is 79.9. The second-order valence-corrected chi connectivity index (χ2v) is 3.21. The molecule has 0 atom stereocenters. The lowest BCUT2D eigenvalue weighted by atomic mass is 10.3. The highest BCUT2D eigenvalue weighted by Gasteiger charge is 2.17. The smallest absolute Gasteiger partial charge is 0.253 e. The average molecular weight is 214 g/mol. The van der Waals surface area contributed by atoms with Crippen molar-refractivity contribution in [3.8, 4) is 0 Å². The normalized spacial score (nSPS) is 16.1. The number of carbonyl (C=O) groups excluding carboxylic acids is 1. The maximum atomic E-state index is 11.1. The summed E-state index contributed by atoms with van der Waals surface area (Å²) in [6.45, 7) is 0. The third-order valence-corrected chi connectivity index (χ3v) is 1.93. The number of hydrogen-bond acceptors (Lipinski definition) is 3. The van der Waals surface area contributed by atoms with Gasteiger partial charge in [-0.25, -0.2) is 4.98 Å². The zero-order valence-corrected chi connectivity index (χ0v) is 7.08. The van der Waals surface area contributed by atoms with E-state index in [1.165, 1.54) is 11.0 Å². The SMILES string of the molecule is O=C1CC(Br)=Cc2ncnn21. The number of halogens is 1. The molecular formula is C6H4BrN3O. The summed E-state index contributed by atoms with van der Waals surface area (Å²) in [6, 6.07) is 0. The second kappa shape index (κ2) is 2.27. The van der Waals surface area contributed by atoms with Crippen LogP contribution in [0, 0.1) is 0 Å². The third-order valence-electron chi connectivity index (χ3n) is 1.42. The fraction of sp³-hybridized carbons (Fsp3) is 0.167. The van der Waals surface area contributed by atoms with Gasteiger partial charge in [-0.3, -0.25) is 4.79 Å². The molecular weight excluding hydrogens is 210 g/mol. The number of rotatable bonds is 0. The maximum Gasteiger partial charge on any atom is 0.253 e. The number of fused-ring (bicyclic) bond motifs is 1. The first-order valence-corrected chi connectivity index (χ1v) is 3.86. The zero-order chi connectivity index (χ0) is 7.84. The van der Waals surface area contributed by atoms with Crippen LogP contribution < -0.4 is 0 Å². The Balaban J connectivity index is 2.60. The minimum Gasteiger partial charge on any atom is -0.272 e. The van der Waals surface area contributed by atoms with Gasteiger partial charge in [0.05, 0.1) is 6.42 Å². The summed E-state index contributed by atoms with van der Waals surface area (Å²) >= 11 is 3.24. The Morgan fingerprint density at radius 3 is 3.27 bits per heavy atom. The van der Waals surface area contributed by atoms with Crippen molar-refractivity contribution < 1.29 is 4.79 Å². The molecule has 1 aliphatic heterocycles. The molecule has 1 aromatic rings. The van der Waals surface area contributed by atoms with Crippen molar-refractivity contribution in [1.29, 1.82) is 0 Å². The number of hydrogen-bond donors (Lipinski definition) is 0. The van der Waals surface area contributed by atoms with Crippen molar-refractivity contribution in [3.05, 3.63) is 16.6 Å². The van der Waals surface area contributed by atoms with Crippen molar-refractivity contribution in [1.82, 2.24) is 14.8 Å². The van der Waals surface area contributed by atoms with Gasteiger partial charge in [0.1, 0.15) is 6.33 Å². The topological polar surface area (TPSA) is 47.8 Å². The van der Waals surface area contributed by atoms with Gasteiger partial charge in [0.15, 0.2) is 5.82 Å². The molecule has 5 heteroatoms. The fourth-order valence-electron chi connectivity index (χ4n) is 0.951. The van der Waals surface area contributed by atoms with E-state index in [1.54, 1.807) is 6.08 Å². The summed E-state index contributed by atoms with van der Waals surface area (Å²) in [5, 5.41) is 3.76. The summed E-state index contributed by atoms with van der Waals surface area (Å²) in [4.78, 5) is 15.0. The van der Waals surface area contributed by atoms with Crippen LogP contribution in [0.4, 0.5) is 0 Å². The van der Waals surface area contributed by atoms with Crippen LogP contribution in [0.15, 0.2) is 10.8 Å². The number of carbonyl (C=O) groups is 1. The van der Waals surface area contributed by atoms with E-state index in [9.17, 15) is 4.79 Å². The molecule has 0 aliphatic carbocycles. The first-order valence-electron chi connectivity index (χ1n) is 3.06. The quantitative estimate of drug-likeness (QED) is 0.648. The van der Waals surface area contributed by atoms with Gasteiger partial charge in [0.25, 0.3) is 5.91 Å². The lowest BCUT2D eigenvalue weighted by Crippen LogP contribution is -2.17. The molecule has 0 unspecified atom stereocenters. The van der Waals surface area contributed by atoms with Crippen LogP contribution in [0.1, 0.15) is 17.0 Å². The molecule has 1 aromatic heterocycles. The molecule has 0 N–H and O–H groups in total. The van der Waals surface area contributed by atoms with Crippen molar-refractivity contribution >= 4 is 27.9 Å². The molecule has 0 amide bonds. The van der Waals surface area contributed by atoms with Crippen LogP contribution in [0.25, 0.3) is 6.08 Å². The Bertz CT molecular complexity index is 341. The van der Waals surface area contributed by atoms with E-state index in [4.69, 9.17) is 0 Å². The van der Waals surface area contributed by atoms with Gasteiger partial charge in [0.2, 0.25) is 0 Å². The third kappa shape index (κ3) is 1.01. The molecule has 0 bridgehead atoms. The van der Waals surface area contributed by atoms with Gasteiger partial charge < -0.3 is 0 Å². The Hall–Kier alpha value is -0.970. The Kier molecular flexibility index (Phi) is 1.38. The molecule has 0 saturated heterocycles. The van der Waals surface area contributed by atoms with E-state index >= 15 is 0 Å². The van der Waals surface area contributed by atoms with Crippen LogP contribution in [0.5, 0.6) is 0 Å². The van der Waals surface area contributed by atoms with E-state index in [1.807, 2.05) is 0 Å². The Morgan fingerprint density at radius 2 is 2.45 bits per heavy atom. The van der Waals surface area contributed by atoms with Crippen LogP contribution in [-0.2, 0) is 0 Å². The van der Waals surface area contributed by atoms with Crippen molar-refractivity contribution in [2.24, 2.45) is 0 Å². The number of aromatic nitrogens is 3. The largest absolute Gasteiger partial charge is 0.272 e. The molecule has 56 valence electrons. The van der Waals surface area contributed by atoms with Gasteiger partial charge in [-0.15, -0.1) is 0 Å². The predicted molar refractivity (Wildman–Crippen MR) is 42.2 cm³/mol. The van der Waals surface area contributed by atoms with Gasteiger partial charge in [-0.2, -0.15) is 9.78 Å². The first kappa shape index (κ1) is 6.72. The van der Waals surface area contributed by atoms with Gasteiger partial charge in [0, 0.05) is 4.48 Å². The van der Waals surface area contributed by atoms with E-state index < -0.39 is 0 Å². The zero-order valence-electron chi connectivity index (χ0n) is 5.49. The van der Waals surface area contributed by atoms with Crippen LogP contribution in [-0.4, -0.2) is 20.7 Å². The second-order valence-electron chi connectivity index (χ2n) is 2.19. The molecule has 1 aliphatic rings. The van der Waals surface area contributed by atoms with Crippen LogP contribution in [0.3, 0.4) is 0 Å². The highest BCUT2D eigenvalue weighted by Crippen LogP contribution is 2.19. The lowest BCUT2D eigenvalue weighted by Gasteiger charge is -2.06. The van der Waals surface area contributed by atoms with Crippen LogP contribution in [0.2, 0.25) is 0 Å². The minimum atomic E-state index is -0.0492. The monoisotopic (exact) mass is 213 g/mol. The standard InChI is InChI=1S/C6H4BrN3O/c7-4-1-5-8-3-9-10(5)6(11)2-4/h1,3H,2H2. The van der Waals surface area contributed by atoms with Crippen LogP contribution >= 0.6 is 15.9 Å². The molecule has 0 fully saturated rings. The summed E-state index contributed by atoms with van der Waals surface area (Å²) in [5.41, 5.74) is 0. The molecule has 0 spiro atoms. The fourth-order valence-corrected chi connectivity index (χ4v) is 1.40. The van der Waals surface area contributed by atoms with Gasteiger partial charge in [-0.05, 0) is 6.08 Å². The predicted octanol–water partition coefficient (Wildman–Crippen LogP) is 1.06. The molecule has 4 nitrogen and oxygen atoms in total. The summed E-state index contributed by atoms with van der Waals surface area (Å²) in [5.74, 6) is 0.542. The van der Waals surface area contributed by atoms with Crippen molar-refractivity contribution in [3.63, 3.8) is 0 Å². The molecule has 2 heterocycles. The lowest BCUT2D eigenvalue weighted by molar-refractivity contribution is 0.0897. The molecule has 2 rings (SSSR count). The number of nitrogens with zero attached hydrogens (tertiary/aromatic N) is 3. The molecule has 11 heavy (non-hydrogen) atoms. The van der Waals surface area contributed by atoms with E-state index in [-0.39, 0.29) is 5.91 Å². The maximum absolute atomic E-state index is 11.1. The van der Waals surface area contributed by atoms with Gasteiger partial charge >= 0.3 is 0 Å². The highest BCUT2D eigenvalue weighted by molar-refractivity contribution is 9.11. The van der Waals surface area contributed by atoms with Crippen molar-refractivity contribution in [2.45, 2.75) is 6.42 Å². The molecule has 0 saturated carbocycles. The summed E-state index contributed by atoms with van der Waals surface area (Å²) in [6.07, 6.45) is 3.53. The van der Waals surface area contributed by atoms with E-state index in [2.05, 4.69) is 26.0 Å². The Labute approximate surface area is 71.1 Å². The average Bonchev–Trinajstić information content (AvgIpc) is 2.34. The molecule has 0 aromatic carbocycles. The number of allylic oxidation sites excluding steroid dienone is 1. The molecule has 0 radical (unpaired) electrons. The van der Waals surface area contributed by atoms with Crippen molar-refractivity contribution in [2.75, 3.05) is 0 Å². The minimum absolute atomic E-state index is 0.0492. The van der Waals surface area contributed by atoms with E-state index in [0.717, 1.165) is 4.48 Å². The van der Waals surface area contributed by atoms with Gasteiger partial charge in [-0.1, -0.05) is 15.9 Å². The Morgan fingerprint density at radius 1 is 1.64 bits per heavy atom.